The third kappa shape index (κ3) is 5.89. The van der Waals surface area contributed by atoms with Gasteiger partial charge in [0, 0.05) is 11.8 Å². The molecule has 0 radical (unpaired) electrons. The second-order valence-electron chi connectivity index (χ2n) is 11.4. The summed E-state index contributed by atoms with van der Waals surface area (Å²) in [7, 11) is 12.8. The smallest absolute Gasteiger partial charge is 0.134 e. The van der Waals surface area contributed by atoms with Crippen LogP contribution in [0.4, 0.5) is 0 Å². The number of hydrogen-bond acceptors (Lipinski definition) is 4. The summed E-state index contributed by atoms with van der Waals surface area (Å²) in [5, 5.41) is 20.4. The molecule has 0 aromatic heterocycles. The van der Waals surface area contributed by atoms with Gasteiger partial charge in [-0.25, -0.2) is 0 Å². The van der Waals surface area contributed by atoms with Gasteiger partial charge in [-0.15, -0.1) is 0 Å². The molecular weight excluding hydrogens is 356 g/mol. The van der Waals surface area contributed by atoms with Gasteiger partial charge >= 0.3 is 0 Å². The number of aliphatic hydroxyl groups excluding tert-OH is 2. The molecule has 0 aromatic carbocycles. The first-order valence-electron chi connectivity index (χ1n) is 10.7. The van der Waals surface area contributed by atoms with Crippen LogP contribution in [-0.2, 0) is 9.47 Å². The zero-order chi connectivity index (χ0) is 22.2. The monoisotopic (exact) mass is 404 g/mol. The number of rotatable bonds is 2. The minimum atomic E-state index is -0.414. The highest BCUT2D eigenvalue weighted by Crippen LogP contribution is 2.33. The van der Waals surface area contributed by atoms with Crippen LogP contribution in [0.2, 0.25) is 0 Å². The molecule has 0 bridgehead atoms. The van der Waals surface area contributed by atoms with E-state index in [9.17, 15) is 10.2 Å². The summed E-state index contributed by atoms with van der Waals surface area (Å²) in [6, 6.07) is 0.507. The fourth-order valence-electron chi connectivity index (χ4n) is 5.01. The lowest BCUT2D eigenvalue weighted by Gasteiger charge is -2.49. The Labute approximate surface area is 173 Å². The summed E-state index contributed by atoms with van der Waals surface area (Å²) in [5.74, 6) is 0.791. The fourth-order valence-corrected chi connectivity index (χ4v) is 5.01. The molecule has 0 aliphatic carbocycles. The largest absolute Gasteiger partial charge is 0.384 e. The van der Waals surface area contributed by atoms with Crippen LogP contribution in [0, 0.1) is 11.8 Å². The van der Waals surface area contributed by atoms with Gasteiger partial charge in [0.1, 0.15) is 24.3 Å². The maximum atomic E-state index is 10.3. The van der Waals surface area contributed by atoms with Crippen molar-refractivity contribution in [3.63, 3.8) is 0 Å². The molecule has 2 N–H and O–H groups in total. The highest BCUT2D eigenvalue weighted by atomic mass is 16.5. The second-order valence-corrected chi connectivity index (χ2v) is 11.4. The number of aliphatic hydroxyl groups is 2. The molecule has 6 nitrogen and oxygen atoms in total. The van der Waals surface area contributed by atoms with Crippen LogP contribution in [0.5, 0.6) is 0 Å². The SMILES string of the molecule is CC1COC(C)(C)[C@@H](O)C1[N+](C)(C)C.CC1OC(C)[C@@H](O)C([N+](C)(C)C)C1C. The van der Waals surface area contributed by atoms with E-state index < -0.39 is 11.7 Å². The average molecular weight is 405 g/mol. The fraction of sp³-hybridized carbons (Fsp3) is 1.00. The van der Waals surface area contributed by atoms with Crippen molar-refractivity contribution in [3.05, 3.63) is 0 Å². The molecule has 6 heteroatoms. The van der Waals surface area contributed by atoms with Crippen LogP contribution in [0.1, 0.15) is 41.5 Å². The first-order valence-corrected chi connectivity index (χ1v) is 10.7. The number of nitrogens with zero attached hydrogens (tertiary/aromatic N) is 2. The minimum Gasteiger partial charge on any atom is -0.384 e. The summed E-state index contributed by atoms with van der Waals surface area (Å²) in [5.41, 5.74) is -0.414. The van der Waals surface area contributed by atoms with E-state index in [1.54, 1.807) is 0 Å². The van der Waals surface area contributed by atoms with Crippen molar-refractivity contribution in [2.45, 2.75) is 83.6 Å². The summed E-state index contributed by atoms with van der Waals surface area (Å²) >= 11 is 0. The summed E-state index contributed by atoms with van der Waals surface area (Å²) in [6.45, 7) is 13.0. The highest BCUT2D eigenvalue weighted by Gasteiger charge is 2.49. The van der Waals surface area contributed by atoms with Gasteiger partial charge in [0.15, 0.2) is 0 Å². The van der Waals surface area contributed by atoms with Gasteiger partial charge < -0.3 is 28.7 Å². The normalized spacial score (nSPS) is 41.8. The molecule has 2 fully saturated rings. The third-order valence-electron chi connectivity index (χ3n) is 6.67. The summed E-state index contributed by atoms with van der Waals surface area (Å²) in [6.07, 6.45) is -0.577. The Hall–Kier alpha value is -0.240. The van der Waals surface area contributed by atoms with Crippen LogP contribution in [0.3, 0.4) is 0 Å². The first-order chi connectivity index (χ1) is 12.4. The zero-order valence-electron chi connectivity index (χ0n) is 20.4. The van der Waals surface area contributed by atoms with Crippen molar-refractivity contribution in [3.8, 4) is 0 Å². The lowest BCUT2D eigenvalue weighted by Crippen LogP contribution is -2.65. The molecule has 28 heavy (non-hydrogen) atoms. The topological polar surface area (TPSA) is 58.9 Å². The maximum Gasteiger partial charge on any atom is 0.134 e. The van der Waals surface area contributed by atoms with Crippen LogP contribution in [0.25, 0.3) is 0 Å². The Kier molecular flexibility index (Phi) is 8.17. The third-order valence-corrected chi connectivity index (χ3v) is 6.67. The van der Waals surface area contributed by atoms with E-state index >= 15 is 0 Å². The van der Waals surface area contributed by atoms with E-state index in [-0.39, 0.29) is 30.4 Å². The van der Waals surface area contributed by atoms with E-state index in [0.29, 0.717) is 11.8 Å². The molecular formula is C22H48N2O4+2. The molecule has 2 saturated heterocycles. The molecule has 0 amide bonds. The van der Waals surface area contributed by atoms with Crippen molar-refractivity contribution in [2.24, 2.45) is 11.8 Å². The summed E-state index contributed by atoms with van der Waals surface area (Å²) in [4.78, 5) is 0. The predicted molar refractivity (Wildman–Crippen MR) is 114 cm³/mol. The lowest BCUT2D eigenvalue weighted by atomic mass is 9.83. The van der Waals surface area contributed by atoms with Gasteiger partial charge in [-0.2, -0.15) is 0 Å². The quantitative estimate of drug-likeness (QED) is 0.688. The average Bonchev–Trinajstić information content (AvgIpc) is 2.48. The molecule has 168 valence electrons. The molecule has 0 aromatic rings. The Morgan fingerprint density at radius 1 is 0.786 bits per heavy atom. The first kappa shape index (κ1) is 25.8. The molecule has 2 heterocycles. The van der Waals surface area contributed by atoms with E-state index in [4.69, 9.17) is 9.47 Å². The molecule has 2 rings (SSSR count). The van der Waals surface area contributed by atoms with Gasteiger partial charge in [-0.3, -0.25) is 0 Å². The Bertz CT molecular complexity index is 472. The second kappa shape index (κ2) is 8.86. The molecule has 8 atom stereocenters. The van der Waals surface area contributed by atoms with Crippen LogP contribution in [-0.4, -0.2) is 110 Å². The van der Waals surface area contributed by atoms with Gasteiger partial charge in [0.2, 0.25) is 0 Å². The van der Waals surface area contributed by atoms with Crippen LogP contribution < -0.4 is 0 Å². The predicted octanol–water partition coefficient (Wildman–Crippen LogP) is 1.73. The van der Waals surface area contributed by atoms with Gasteiger partial charge in [0.25, 0.3) is 0 Å². The van der Waals surface area contributed by atoms with Crippen molar-refractivity contribution in [2.75, 3.05) is 48.9 Å². The number of hydrogen-bond donors (Lipinski definition) is 2. The molecule has 0 saturated carbocycles. The van der Waals surface area contributed by atoms with Gasteiger partial charge in [0.05, 0.1) is 66.7 Å². The number of likely N-dealkylation sites (N-methyl/N-ethyl adjacent to an activating group) is 2. The van der Waals surface area contributed by atoms with Crippen LogP contribution >= 0.6 is 0 Å². The Balaban J connectivity index is 0.000000280. The Morgan fingerprint density at radius 2 is 1.25 bits per heavy atom. The van der Waals surface area contributed by atoms with Crippen molar-refractivity contribution in [1.29, 1.82) is 0 Å². The molecule has 2 aliphatic heterocycles. The number of quaternary nitrogens is 2. The maximum absolute atomic E-state index is 10.3. The lowest BCUT2D eigenvalue weighted by molar-refractivity contribution is -0.906. The summed E-state index contributed by atoms with van der Waals surface area (Å²) < 4.78 is 12.9. The van der Waals surface area contributed by atoms with E-state index in [1.165, 1.54) is 0 Å². The van der Waals surface area contributed by atoms with Crippen LogP contribution in [0.15, 0.2) is 0 Å². The molecule has 0 spiro atoms. The standard InChI is InChI=1S/2C11H24NO2/c1-8-7-14-11(2,3)10(13)9(8)12(4,5)6;1-7-8(2)14-9(3)11(13)10(7)12(4,5)6/h8-10,13H,7H2,1-6H3;7-11,13H,1-6H3/q2*+1/t8?,9?,10-;7?,8?,9?,10?,11-/m01/s1. The van der Waals surface area contributed by atoms with Gasteiger partial charge in [-0.1, -0.05) is 13.8 Å². The zero-order valence-corrected chi connectivity index (χ0v) is 20.4. The van der Waals surface area contributed by atoms with Crippen molar-refractivity contribution in [1.82, 2.24) is 0 Å². The van der Waals surface area contributed by atoms with Crippen molar-refractivity contribution < 1.29 is 28.7 Å². The van der Waals surface area contributed by atoms with E-state index in [0.717, 1.165) is 15.6 Å². The van der Waals surface area contributed by atoms with E-state index in [2.05, 4.69) is 63.1 Å². The van der Waals surface area contributed by atoms with Gasteiger partial charge in [-0.05, 0) is 27.7 Å². The Morgan fingerprint density at radius 3 is 1.64 bits per heavy atom. The molecule has 6 unspecified atom stereocenters. The molecule has 2 aliphatic rings. The number of ether oxygens (including phenoxy) is 2. The minimum absolute atomic E-state index is 0.0523. The van der Waals surface area contributed by atoms with E-state index in [1.807, 2.05) is 20.8 Å². The highest BCUT2D eigenvalue weighted by molar-refractivity contribution is 4.92. The van der Waals surface area contributed by atoms with Crippen molar-refractivity contribution >= 4 is 0 Å².